The highest BCUT2D eigenvalue weighted by Gasteiger charge is 2.47. The second-order valence-corrected chi connectivity index (χ2v) is 8.21. The minimum Gasteiger partial charge on any atom is -0.362 e. The molecule has 28 heavy (non-hydrogen) atoms. The Morgan fingerprint density at radius 1 is 1.29 bits per heavy atom. The van der Waals surface area contributed by atoms with E-state index in [1.807, 2.05) is 5.38 Å². The second-order valence-electron chi connectivity index (χ2n) is 6.32. The van der Waals surface area contributed by atoms with Gasteiger partial charge in [0.15, 0.2) is 6.04 Å². The van der Waals surface area contributed by atoms with E-state index < -0.39 is 24.2 Å². The summed E-state index contributed by atoms with van der Waals surface area (Å²) < 4.78 is 42.6. The van der Waals surface area contributed by atoms with Gasteiger partial charge >= 0.3 is 6.18 Å². The normalized spacial score (nSPS) is 19.0. The third kappa shape index (κ3) is 3.66. The summed E-state index contributed by atoms with van der Waals surface area (Å²) >= 11 is 4.68. The molecular weight excluding hydrogens is 457 g/mol. The molecule has 1 amide bonds. The zero-order valence-corrected chi connectivity index (χ0v) is 16.6. The topological polar surface area (TPSA) is 59.0 Å². The molecule has 3 aromatic rings. The third-order valence-electron chi connectivity index (χ3n) is 4.47. The number of nitrogens with one attached hydrogen (secondary N) is 2. The first kappa shape index (κ1) is 19.0. The standard InChI is InChI=1S/C18H14BrF3N4OS/c19-10-3-5-11(6-4-10)24-17(27)12-9-23-26-15(18(20,21)22)8-13(25-16(12)26)14-2-1-7-28-14/h1-7,9,13,15,25H,8H2,(H,24,27)/t13-,15+/m0/s1. The Morgan fingerprint density at radius 2 is 2.04 bits per heavy atom. The number of fused-ring (bicyclic) bond motifs is 1. The van der Waals surface area contributed by atoms with E-state index in [0.717, 1.165) is 14.0 Å². The lowest BCUT2D eigenvalue weighted by atomic mass is 10.0. The van der Waals surface area contributed by atoms with Crippen LogP contribution in [0, 0.1) is 0 Å². The lowest BCUT2D eigenvalue weighted by Crippen LogP contribution is -2.36. The van der Waals surface area contributed by atoms with Crippen molar-refractivity contribution in [3.8, 4) is 0 Å². The van der Waals surface area contributed by atoms with E-state index in [1.54, 1.807) is 36.4 Å². The summed E-state index contributed by atoms with van der Waals surface area (Å²) in [7, 11) is 0. The fourth-order valence-electron chi connectivity index (χ4n) is 3.14. The van der Waals surface area contributed by atoms with Crippen LogP contribution < -0.4 is 10.6 Å². The van der Waals surface area contributed by atoms with E-state index in [1.165, 1.54) is 17.5 Å². The average Bonchev–Trinajstić information content (AvgIpc) is 3.31. The van der Waals surface area contributed by atoms with Crippen molar-refractivity contribution < 1.29 is 18.0 Å². The summed E-state index contributed by atoms with van der Waals surface area (Å²) in [6.45, 7) is 0. The smallest absolute Gasteiger partial charge is 0.362 e. The molecule has 0 aliphatic carbocycles. The van der Waals surface area contributed by atoms with Crippen molar-refractivity contribution in [2.45, 2.75) is 24.7 Å². The number of rotatable bonds is 3. The summed E-state index contributed by atoms with van der Waals surface area (Å²) in [6, 6.07) is 8.12. The van der Waals surface area contributed by atoms with Crippen LogP contribution >= 0.6 is 27.3 Å². The summed E-state index contributed by atoms with van der Waals surface area (Å²) in [5.74, 6) is -0.453. The van der Waals surface area contributed by atoms with Gasteiger partial charge in [-0.25, -0.2) is 4.68 Å². The number of carbonyl (C=O) groups excluding carboxylic acids is 1. The Labute approximate surface area is 170 Å². The van der Waals surface area contributed by atoms with Gasteiger partial charge in [0, 0.05) is 21.5 Å². The van der Waals surface area contributed by atoms with Crippen molar-refractivity contribution in [3.05, 3.63) is 62.9 Å². The molecule has 2 aromatic heterocycles. The molecule has 0 spiro atoms. The van der Waals surface area contributed by atoms with Gasteiger partial charge < -0.3 is 10.6 Å². The molecule has 0 fully saturated rings. The first-order valence-electron chi connectivity index (χ1n) is 8.34. The van der Waals surface area contributed by atoms with E-state index in [4.69, 9.17) is 0 Å². The number of halogens is 4. The number of alkyl halides is 3. The highest BCUT2D eigenvalue weighted by molar-refractivity contribution is 9.10. The fourth-order valence-corrected chi connectivity index (χ4v) is 4.19. The number of benzene rings is 1. The number of anilines is 2. The predicted octanol–water partition coefficient (Wildman–Crippen LogP) is 5.62. The van der Waals surface area contributed by atoms with Crippen LogP contribution in [0.3, 0.4) is 0 Å². The van der Waals surface area contributed by atoms with E-state index in [9.17, 15) is 18.0 Å². The average molecular weight is 471 g/mol. The molecule has 1 aliphatic heterocycles. The van der Waals surface area contributed by atoms with E-state index in [2.05, 4.69) is 31.7 Å². The molecule has 1 aliphatic rings. The summed E-state index contributed by atoms with van der Waals surface area (Å²) in [4.78, 5) is 13.5. The Balaban J connectivity index is 1.67. The predicted molar refractivity (Wildman–Crippen MR) is 105 cm³/mol. The van der Waals surface area contributed by atoms with Gasteiger partial charge in [-0.1, -0.05) is 22.0 Å². The zero-order valence-electron chi connectivity index (χ0n) is 14.2. The van der Waals surface area contributed by atoms with Gasteiger partial charge in [0.25, 0.3) is 5.91 Å². The van der Waals surface area contributed by atoms with Crippen molar-refractivity contribution >= 4 is 44.7 Å². The van der Waals surface area contributed by atoms with Crippen LogP contribution in [0.25, 0.3) is 0 Å². The number of thiophene rings is 1. The molecule has 0 unspecified atom stereocenters. The molecular formula is C18H14BrF3N4OS. The number of carbonyl (C=O) groups is 1. The van der Waals surface area contributed by atoms with Crippen molar-refractivity contribution in [1.29, 1.82) is 0 Å². The Hall–Kier alpha value is -2.33. The van der Waals surface area contributed by atoms with Crippen molar-refractivity contribution in [1.82, 2.24) is 9.78 Å². The molecule has 0 saturated heterocycles. The molecule has 4 rings (SSSR count). The summed E-state index contributed by atoms with van der Waals surface area (Å²) in [5.41, 5.74) is 0.601. The third-order valence-corrected chi connectivity index (χ3v) is 5.99. The quantitative estimate of drug-likeness (QED) is 0.522. The fraction of sp³-hybridized carbons (Fsp3) is 0.222. The minimum atomic E-state index is -4.47. The van der Waals surface area contributed by atoms with Gasteiger partial charge in [-0.3, -0.25) is 4.79 Å². The Kier molecular flexibility index (Phi) is 4.92. The maximum atomic E-state index is 13.6. The van der Waals surface area contributed by atoms with Crippen LogP contribution in [0.15, 0.2) is 52.4 Å². The second kappa shape index (κ2) is 7.25. The number of aromatic nitrogens is 2. The van der Waals surface area contributed by atoms with Gasteiger partial charge in [-0.05, 0) is 35.7 Å². The first-order chi connectivity index (χ1) is 13.3. The summed E-state index contributed by atoms with van der Waals surface area (Å²) in [5, 5.41) is 11.4. The molecule has 3 heterocycles. The molecule has 5 nitrogen and oxygen atoms in total. The van der Waals surface area contributed by atoms with Crippen LogP contribution in [0.1, 0.15) is 33.7 Å². The molecule has 0 radical (unpaired) electrons. The first-order valence-corrected chi connectivity index (χ1v) is 10.0. The van der Waals surface area contributed by atoms with Gasteiger partial charge in [-0.15, -0.1) is 11.3 Å². The van der Waals surface area contributed by atoms with Crippen molar-refractivity contribution in [2.24, 2.45) is 0 Å². The van der Waals surface area contributed by atoms with Crippen LogP contribution in [0.5, 0.6) is 0 Å². The molecule has 0 bridgehead atoms. The van der Waals surface area contributed by atoms with E-state index in [-0.39, 0.29) is 17.8 Å². The molecule has 146 valence electrons. The Bertz CT molecular complexity index is 985. The highest BCUT2D eigenvalue weighted by atomic mass is 79.9. The van der Waals surface area contributed by atoms with Crippen LogP contribution in [0.2, 0.25) is 0 Å². The molecule has 2 atom stereocenters. The number of nitrogens with zero attached hydrogens (tertiary/aromatic N) is 2. The minimum absolute atomic E-state index is 0.0680. The summed E-state index contributed by atoms with van der Waals surface area (Å²) in [6.07, 6.45) is -3.49. The lowest BCUT2D eigenvalue weighted by molar-refractivity contribution is -0.173. The Morgan fingerprint density at radius 3 is 2.68 bits per heavy atom. The van der Waals surface area contributed by atoms with Crippen molar-refractivity contribution in [3.63, 3.8) is 0 Å². The number of hydrogen-bond acceptors (Lipinski definition) is 4. The van der Waals surface area contributed by atoms with Crippen molar-refractivity contribution in [2.75, 3.05) is 10.6 Å². The van der Waals surface area contributed by atoms with E-state index >= 15 is 0 Å². The number of amides is 1. The largest absolute Gasteiger partial charge is 0.410 e. The molecule has 0 saturated carbocycles. The van der Waals surface area contributed by atoms with Crippen LogP contribution in [-0.4, -0.2) is 21.9 Å². The van der Waals surface area contributed by atoms with Gasteiger partial charge in [0.1, 0.15) is 11.4 Å². The maximum Gasteiger partial charge on any atom is 0.410 e. The zero-order chi connectivity index (χ0) is 19.9. The van der Waals surface area contributed by atoms with Gasteiger partial charge in [0.05, 0.1) is 12.2 Å². The van der Waals surface area contributed by atoms with Crippen LogP contribution in [0.4, 0.5) is 24.7 Å². The number of hydrogen-bond donors (Lipinski definition) is 2. The molecule has 10 heteroatoms. The highest BCUT2D eigenvalue weighted by Crippen LogP contribution is 2.45. The lowest BCUT2D eigenvalue weighted by Gasteiger charge is -2.33. The molecule has 2 N–H and O–H groups in total. The SMILES string of the molecule is O=C(Nc1ccc(Br)cc1)c1cnn2c1N[C@H](c1cccs1)C[C@@H]2C(F)(F)F. The van der Waals surface area contributed by atoms with Crippen LogP contribution in [-0.2, 0) is 0 Å². The van der Waals surface area contributed by atoms with Gasteiger partial charge in [-0.2, -0.15) is 18.3 Å². The maximum absolute atomic E-state index is 13.6. The monoisotopic (exact) mass is 470 g/mol. The van der Waals surface area contributed by atoms with Gasteiger partial charge in [0.2, 0.25) is 0 Å². The van der Waals surface area contributed by atoms with E-state index in [0.29, 0.717) is 5.69 Å². The molecule has 1 aromatic carbocycles.